The van der Waals surface area contributed by atoms with Crippen molar-refractivity contribution in [3.05, 3.63) is 30.2 Å². The number of hydrogen-bond donors (Lipinski definition) is 3. The van der Waals surface area contributed by atoms with Crippen LogP contribution in [0.4, 0.5) is 34.0 Å². The summed E-state index contributed by atoms with van der Waals surface area (Å²) in [4.78, 5) is 16.3. The van der Waals surface area contributed by atoms with Crippen molar-refractivity contribution in [3.8, 4) is 5.88 Å². The van der Waals surface area contributed by atoms with Crippen molar-refractivity contribution in [1.82, 2.24) is 30.1 Å². The SMILES string of the molecule is O=C(NC12CC(C1)C2)O[C@@H]1CO[C@H](c2cc(Nc3nccn4nc(OCC(F)(F)F)cc34)n[nH]2)[C@H]1F. The highest BCUT2D eigenvalue weighted by atomic mass is 19.4. The molecule has 15 heteroatoms. The zero-order valence-corrected chi connectivity index (χ0v) is 18.6. The first kappa shape index (κ1) is 22.8. The van der Waals surface area contributed by atoms with E-state index in [1.54, 1.807) is 0 Å². The molecule has 4 heterocycles. The Morgan fingerprint density at radius 2 is 2.11 bits per heavy atom. The molecule has 2 bridgehead atoms. The highest BCUT2D eigenvalue weighted by molar-refractivity contribution is 5.73. The molecule has 3 aromatic rings. The molecule has 4 fully saturated rings. The number of H-pyrrole nitrogens is 1. The second kappa shape index (κ2) is 8.21. The first-order valence-corrected chi connectivity index (χ1v) is 11.3. The zero-order chi connectivity index (χ0) is 25.1. The van der Waals surface area contributed by atoms with Crippen LogP contribution in [0.15, 0.2) is 24.5 Å². The van der Waals surface area contributed by atoms with Crippen LogP contribution in [0, 0.1) is 5.92 Å². The number of halogens is 4. The normalized spacial score (nSPS) is 28.9. The molecule has 3 aromatic heterocycles. The second-order valence-electron chi connectivity index (χ2n) is 9.35. The van der Waals surface area contributed by atoms with Crippen molar-refractivity contribution in [2.24, 2.45) is 5.92 Å². The number of carbonyl (C=O) groups excluding carboxylic acids is 1. The lowest BCUT2D eigenvalue weighted by Gasteiger charge is -2.61. The van der Waals surface area contributed by atoms with Crippen molar-refractivity contribution >= 4 is 23.2 Å². The molecule has 4 aliphatic rings. The standard InChI is InChI=1S/C21H21F4N7O4/c22-16-13(36-19(33)28-20-5-10(6-20)7-20)8-34-17(16)11-3-14(30-29-11)27-18-12-4-15(35-9-21(23,24)25)31-32(12)2-1-26-18/h1-4,10,13,16-17H,5-9H2,(H,28,33)(H2,26,27,29,30)/t10?,13-,16+,17-,20?/m1/s1. The number of nitrogens with zero attached hydrogens (tertiary/aromatic N) is 4. The van der Waals surface area contributed by atoms with Gasteiger partial charge in [-0.05, 0) is 25.2 Å². The molecule has 7 rings (SSSR count). The predicted octanol–water partition coefficient (Wildman–Crippen LogP) is 3.19. The van der Waals surface area contributed by atoms with Gasteiger partial charge in [-0.2, -0.15) is 18.3 Å². The molecule has 11 nitrogen and oxygen atoms in total. The number of carbonyl (C=O) groups is 1. The van der Waals surface area contributed by atoms with Gasteiger partial charge < -0.3 is 24.8 Å². The number of anilines is 2. The predicted molar refractivity (Wildman–Crippen MR) is 113 cm³/mol. The monoisotopic (exact) mass is 511 g/mol. The summed E-state index contributed by atoms with van der Waals surface area (Å²) in [6.07, 6.45) is -3.17. The summed E-state index contributed by atoms with van der Waals surface area (Å²) in [5.41, 5.74) is 0.474. The number of aromatic amines is 1. The number of rotatable bonds is 7. The summed E-state index contributed by atoms with van der Waals surface area (Å²) in [5.74, 6) is 0.948. The molecule has 1 aliphatic heterocycles. The van der Waals surface area contributed by atoms with E-state index in [1.165, 1.54) is 29.0 Å². The number of hydrogen-bond acceptors (Lipinski definition) is 8. The van der Waals surface area contributed by atoms with Gasteiger partial charge in [0, 0.05) is 30.1 Å². The fourth-order valence-electron chi connectivity index (χ4n) is 4.84. The van der Waals surface area contributed by atoms with E-state index in [2.05, 4.69) is 35.7 Å². The van der Waals surface area contributed by atoms with Gasteiger partial charge in [-0.3, -0.25) is 5.10 Å². The summed E-state index contributed by atoms with van der Waals surface area (Å²) < 4.78 is 69.1. The van der Waals surface area contributed by atoms with E-state index in [0.29, 0.717) is 17.1 Å². The number of nitrogens with one attached hydrogen (secondary N) is 3. The lowest BCUT2D eigenvalue weighted by Crippen LogP contribution is -2.68. The average molecular weight is 511 g/mol. The van der Waals surface area contributed by atoms with Crippen molar-refractivity contribution in [2.75, 3.05) is 18.5 Å². The number of alkyl carbamates (subject to hydrolysis) is 1. The maximum absolute atomic E-state index is 15.0. The molecular formula is C21H21F4N7O4. The summed E-state index contributed by atoms with van der Waals surface area (Å²) in [5, 5.41) is 16.4. The Bertz CT molecular complexity index is 1280. The van der Waals surface area contributed by atoms with Crippen molar-refractivity contribution in [3.63, 3.8) is 0 Å². The summed E-state index contributed by atoms with van der Waals surface area (Å²) in [7, 11) is 0. The maximum Gasteiger partial charge on any atom is 0.422 e. The van der Waals surface area contributed by atoms with Crippen molar-refractivity contribution in [1.29, 1.82) is 0 Å². The largest absolute Gasteiger partial charge is 0.467 e. The fraction of sp³-hybridized carbons (Fsp3) is 0.524. The number of amides is 1. The van der Waals surface area contributed by atoms with Crippen LogP contribution in [-0.4, -0.2) is 68.1 Å². The van der Waals surface area contributed by atoms with Gasteiger partial charge in [0.1, 0.15) is 11.6 Å². The van der Waals surface area contributed by atoms with Crippen LogP contribution in [-0.2, 0) is 9.47 Å². The molecule has 3 saturated carbocycles. The minimum Gasteiger partial charge on any atom is -0.467 e. The number of fused-ring (bicyclic) bond motifs is 1. The zero-order valence-electron chi connectivity index (χ0n) is 18.6. The van der Waals surface area contributed by atoms with Crippen LogP contribution >= 0.6 is 0 Å². The average Bonchev–Trinajstić information content (AvgIpc) is 3.48. The van der Waals surface area contributed by atoms with Gasteiger partial charge in [-0.15, -0.1) is 5.10 Å². The van der Waals surface area contributed by atoms with Crippen LogP contribution in [0.2, 0.25) is 0 Å². The fourth-order valence-corrected chi connectivity index (χ4v) is 4.84. The topological polar surface area (TPSA) is 128 Å². The third kappa shape index (κ3) is 4.27. The first-order valence-electron chi connectivity index (χ1n) is 11.3. The molecular weight excluding hydrogens is 490 g/mol. The lowest BCUT2D eigenvalue weighted by atomic mass is 9.50. The van der Waals surface area contributed by atoms with E-state index in [4.69, 9.17) is 9.47 Å². The van der Waals surface area contributed by atoms with Gasteiger partial charge >= 0.3 is 12.3 Å². The molecule has 36 heavy (non-hydrogen) atoms. The molecule has 0 radical (unpaired) electrons. The van der Waals surface area contributed by atoms with Crippen LogP contribution < -0.4 is 15.4 Å². The van der Waals surface area contributed by atoms with E-state index in [9.17, 15) is 18.0 Å². The summed E-state index contributed by atoms with van der Waals surface area (Å²) >= 11 is 0. The number of aromatic nitrogens is 5. The van der Waals surface area contributed by atoms with Gasteiger partial charge in [-0.25, -0.2) is 18.7 Å². The summed E-state index contributed by atoms with van der Waals surface area (Å²) in [6.45, 7) is -1.58. The Balaban J connectivity index is 1.09. The van der Waals surface area contributed by atoms with Gasteiger partial charge in [0.2, 0.25) is 5.88 Å². The molecule has 0 unspecified atom stereocenters. The van der Waals surface area contributed by atoms with Gasteiger partial charge in [-0.1, -0.05) is 0 Å². The molecule has 0 spiro atoms. The third-order valence-electron chi connectivity index (χ3n) is 6.65. The van der Waals surface area contributed by atoms with Crippen molar-refractivity contribution in [2.45, 2.75) is 49.4 Å². The molecule has 3 aliphatic carbocycles. The Morgan fingerprint density at radius 1 is 1.31 bits per heavy atom. The molecule has 3 N–H and O–H groups in total. The number of ether oxygens (including phenoxy) is 3. The summed E-state index contributed by atoms with van der Waals surface area (Å²) in [6, 6.07) is 2.80. The van der Waals surface area contributed by atoms with Gasteiger partial charge in [0.15, 0.2) is 30.5 Å². The van der Waals surface area contributed by atoms with Crippen LogP contribution in [0.5, 0.6) is 5.88 Å². The highest BCUT2D eigenvalue weighted by Crippen LogP contribution is 2.57. The molecule has 192 valence electrons. The van der Waals surface area contributed by atoms with E-state index in [1.807, 2.05) is 0 Å². The first-order chi connectivity index (χ1) is 17.2. The van der Waals surface area contributed by atoms with Gasteiger partial charge in [0.25, 0.3) is 0 Å². The van der Waals surface area contributed by atoms with E-state index >= 15 is 4.39 Å². The van der Waals surface area contributed by atoms with E-state index in [0.717, 1.165) is 19.3 Å². The molecule has 0 aromatic carbocycles. The quantitative estimate of drug-likeness (QED) is 0.413. The highest BCUT2D eigenvalue weighted by Gasteiger charge is 2.58. The second-order valence-corrected chi connectivity index (χ2v) is 9.35. The lowest BCUT2D eigenvalue weighted by molar-refractivity contribution is -0.154. The Kier molecular flexibility index (Phi) is 5.21. The molecule has 1 amide bonds. The van der Waals surface area contributed by atoms with Crippen LogP contribution in [0.3, 0.4) is 0 Å². The Hall–Kier alpha value is -3.62. The molecule has 1 saturated heterocycles. The Morgan fingerprint density at radius 3 is 2.83 bits per heavy atom. The van der Waals surface area contributed by atoms with Crippen molar-refractivity contribution < 1.29 is 36.6 Å². The van der Waals surface area contributed by atoms with Crippen LogP contribution in [0.1, 0.15) is 31.1 Å². The number of alkyl halides is 4. The van der Waals surface area contributed by atoms with Crippen LogP contribution in [0.25, 0.3) is 5.52 Å². The Labute approximate surface area is 200 Å². The van der Waals surface area contributed by atoms with E-state index < -0.39 is 37.3 Å². The minimum atomic E-state index is -4.50. The molecule has 3 atom stereocenters. The maximum atomic E-state index is 15.0. The smallest absolute Gasteiger partial charge is 0.422 e. The van der Waals surface area contributed by atoms with Gasteiger partial charge in [0.05, 0.1) is 12.3 Å². The minimum absolute atomic E-state index is 0.103. The van der Waals surface area contributed by atoms with E-state index in [-0.39, 0.29) is 29.7 Å². The third-order valence-corrected chi connectivity index (χ3v) is 6.65.